The standard InChI is InChI=1S/C21H28N2O4S/c1-6-16-7-11-18(12-8-16)27-15(2)20(24)22-17-9-13-19(14-10-17)28(25,26)23-21(3,4)5/h7-15,23H,6H2,1-5H3,(H,22,24). The molecule has 0 radical (unpaired) electrons. The number of nitrogens with one attached hydrogen (secondary N) is 2. The Morgan fingerprint density at radius 3 is 2.11 bits per heavy atom. The van der Waals surface area contributed by atoms with Crippen LogP contribution in [0.5, 0.6) is 5.75 Å². The highest BCUT2D eigenvalue weighted by molar-refractivity contribution is 7.89. The molecule has 1 amide bonds. The molecule has 0 heterocycles. The Morgan fingerprint density at radius 1 is 1.04 bits per heavy atom. The zero-order valence-corrected chi connectivity index (χ0v) is 17.8. The normalized spacial score (nSPS) is 13.0. The lowest BCUT2D eigenvalue weighted by atomic mass is 10.1. The fourth-order valence-corrected chi connectivity index (χ4v) is 3.90. The van der Waals surface area contributed by atoms with Gasteiger partial charge in [0.25, 0.3) is 5.91 Å². The summed E-state index contributed by atoms with van der Waals surface area (Å²) in [4.78, 5) is 12.5. The molecule has 7 heteroatoms. The van der Waals surface area contributed by atoms with Crippen molar-refractivity contribution in [1.82, 2.24) is 4.72 Å². The van der Waals surface area contributed by atoms with E-state index < -0.39 is 21.7 Å². The molecule has 1 unspecified atom stereocenters. The highest BCUT2D eigenvalue weighted by Crippen LogP contribution is 2.18. The summed E-state index contributed by atoms with van der Waals surface area (Å²) < 4.78 is 32.9. The first-order valence-electron chi connectivity index (χ1n) is 9.20. The second-order valence-electron chi connectivity index (χ2n) is 7.63. The minimum Gasteiger partial charge on any atom is -0.481 e. The highest BCUT2D eigenvalue weighted by Gasteiger charge is 2.22. The number of carbonyl (C=O) groups is 1. The topological polar surface area (TPSA) is 84.5 Å². The number of carbonyl (C=O) groups excluding carboxylic acids is 1. The van der Waals surface area contributed by atoms with Crippen LogP contribution in [-0.4, -0.2) is 26.0 Å². The van der Waals surface area contributed by atoms with Gasteiger partial charge in [-0.15, -0.1) is 0 Å². The average Bonchev–Trinajstić information content (AvgIpc) is 2.60. The van der Waals surface area contributed by atoms with Crippen LogP contribution in [0.2, 0.25) is 0 Å². The van der Waals surface area contributed by atoms with Crippen molar-refractivity contribution in [2.24, 2.45) is 0 Å². The van der Waals surface area contributed by atoms with Crippen LogP contribution in [0, 0.1) is 0 Å². The van der Waals surface area contributed by atoms with Crippen molar-refractivity contribution in [1.29, 1.82) is 0 Å². The smallest absolute Gasteiger partial charge is 0.265 e. The Balaban J connectivity index is 1.99. The molecule has 0 saturated carbocycles. The molecule has 0 aliphatic rings. The molecule has 28 heavy (non-hydrogen) atoms. The van der Waals surface area contributed by atoms with Gasteiger partial charge in [-0.1, -0.05) is 19.1 Å². The Hall–Kier alpha value is -2.38. The van der Waals surface area contributed by atoms with Crippen molar-refractivity contribution in [3.05, 3.63) is 54.1 Å². The molecule has 0 aliphatic heterocycles. The number of rotatable bonds is 7. The Labute approximate surface area is 167 Å². The van der Waals surface area contributed by atoms with Gasteiger partial charge in [-0.05, 0) is 76.1 Å². The zero-order chi connectivity index (χ0) is 20.9. The zero-order valence-electron chi connectivity index (χ0n) is 16.9. The van der Waals surface area contributed by atoms with Crippen LogP contribution < -0.4 is 14.8 Å². The van der Waals surface area contributed by atoms with Crippen molar-refractivity contribution in [2.45, 2.75) is 57.6 Å². The summed E-state index contributed by atoms with van der Waals surface area (Å²) in [5.41, 5.74) is 1.12. The number of amides is 1. The van der Waals surface area contributed by atoms with Crippen LogP contribution in [0.1, 0.15) is 40.2 Å². The lowest BCUT2D eigenvalue weighted by Gasteiger charge is -2.20. The van der Waals surface area contributed by atoms with Crippen LogP contribution in [0.4, 0.5) is 5.69 Å². The molecular formula is C21H28N2O4S. The molecule has 2 N–H and O–H groups in total. The lowest BCUT2D eigenvalue weighted by Crippen LogP contribution is -2.40. The second kappa shape index (κ2) is 8.75. The van der Waals surface area contributed by atoms with Crippen LogP contribution in [0.25, 0.3) is 0 Å². The number of anilines is 1. The van der Waals surface area contributed by atoms with Crippen LogP contribution in [-0.2, 0) is 21.2 Å². The van der Waals surface area contributed by atoms with E-state index in [1.807, 2.05) is 24.3 Å². The van der Waals surface area contributed by atoms with Gasteiger partial charge in [0.1, 0.15) is 5.75 Å². The number of ether oxygens (including phenoxy) is 1. The highest BCUT2D eigenvalue weighted by atomic mass is 32.2. The van der Waals surface area contributed by atoms with E-state index in [0.717, 1.165) is 6.42 Å². The van der Waals surface area contributed by atoms with E-state index >= 15 is 0 Å². The van der Waals surface area contributed by atoms with Gasteiger partial charge >= 0.3 is 0 Å². The maximum absolute atomic E-state index is 12.3. The third kappa shape index (κ3) is 6.35. The van der Waals surface area contributed by atoms with E-state index in [0.29, 0.717) is 11.4 Å². The van der Waals surface area contributed by atoms with E-state index in [1.165, 1.54) is 17.7 Å². The van der Waals surface area contributed by atoms with E-state index in [9.17, 15) is 13.2 Å². The van der Waals surface area contributed by atoms with Gasteiger partial charge in [0, 0.05) is 11.2 Å². The van der Waals surface area contributed by atoms with Crippen molar-refractivity contribution in [3.63, 3.8) is 0 Å². The Kier molecular flexibility index (Phi) is 6.85. The minimum absolute atomic E-state index is 0.140. The van der Waals surface area contributed by atoms with Gasteiger partial charge in [0.2, 0.25) is 10.0 Å². The summed E-state index contributed by atoms with van der Waals surface area (Å²) in [6, 6.07) is 13.6. The van der Waals surface area contributed by atoms with Crippen molar-refractivity contribution in [3.8, 4) is 5.75 Å². The molecule has 152 valence electrons. The largest absolute Gasteiger partial charge is 0.481 e. The van der Waals surface area contributed by atoms with Crippen LogP contribution in [0.3, 0.4) is 0 Å². The third-order valence-electron chi connectivity index (χ3n) is 3.89. The maximum atomic E-state index is 12.3. The summed E-state index contributed by atoms with van der Waals surface area (Å²) in [5.74, 6) is 0.303. The predicted molar refractivity (Wildman–Crippen MR) is 111 cm³/mol. The first-order chi connectivity index (χ1) is 13.0. The van der Waals surface area contributed by atoms with Gasteiger partial charge < -0.3 is 10.1 Å². The molecule has 0 fully saturated rings. The van der Waals surface area contributed by atoms with E-state index in [2.05, 4.69) is 17.0 Å². The molecule has 2 aromatic rings. The third-order valence-corrected chi connectivity index (χ3v) is 5.66. The molecule has 2 aromatic carbocycles. The van der Waals surface area contributed by atoms with E-state index in [-0.39, 0.29) is 10.8 Å². The molecule has 0 spiro atoms. The number of aryl methyl sites for hydroxylation is 1. The Morgan fingerprint density at radius 2 is 1.61 bits per heavy atom. The summed E-state index contributed by atoms with van der Waals surface area (Å²) in [5, 5.41) is 2.73. The van der Waals surface area contributed by atoms with E-state index in [1.54, 1.807) is 39.8 Å². The summed E-state index contributed by atoms with van der Waals surface area (Å²) in [6.07, 6.45) is 0.242. The Bertz CT molecular complexity index is 899. The van der Waals surface area contributed by atoms with Gasteiger partial charge in [0.15, 0.2) is 6.10 Å². The number of hydrogen-bond acceptors (Lipinski definition) is 4. The van der Waals surface area contributed by atoms with E-state index in [4.69, 9.17) is 4.74 Å². The molecule has 0 bridgehead atoms. The van der Waals surface area contributed by atoms with Crippen LogP contribution >= 0.6 is 0 Å². The summed E-state index contributed by atoms with van der Waals surface area (Å²) in [6.45, 7) is 9.06. The predicted octanol–water partition coefficient (Wildman–Crippen LogP) is 3.73. The van der Waals surface area contributed by atoms with Gasteiger partial charge in [0.05, 0.1) is 4.90 Å². The van der Waals surface area contributed by atoms with Gasteiger partial charge in [-0.3, -0.25) is 4.79 Å². The molecular weight excluding hydrogens is 376 g/mol. The lowest BCUT2D eigenvalue weighted by molar-refractivity contribution is -0.122. The van der Waals surface area contributed by atoms with Gasteiger partial charge in [-0.2, -0.15) is 0 Å². The van der Waals surface area contributed by atoms with Crippen LogP contribution in [0.15, 0.2) is 53.4 Å². The van der Waals surface area contributed by atoms with Crippen molar-refractivity contribution < 1.29 is 17.9 Å². The number of benzene rings is 2. The maximum Gasteiger partial charge on any atom is 0.265 e. The molecule has 0 aromatic heterocycles. The summed E-state index contributed by atoms with van der Waals surface area (Å²) in [7, 11) is -3.61. The van der Waals surface area contributed by atoms with Crippen molar-refractivity contribution >= 4 is 21.6 Å². The van der Waals surface area contributed by atoms with Gasteiger partial charge in [-0.25, -0.2) is 13.1 Å². The second-order valence-corrected chi connectivity index (χ2v) is 9.31. The fraction of sp³-hybridized carbons (Fsp3) is 0.381. The SMILES string of the molecule is CCc1ccc(OC(C)C(=O)Nc2ccc(S(=O)(=O)NC(C)(C)C)cc2)cc1. The average molecular weight is 405 g/mol. The monoisotopic (exact) mass is 404 g/mol. The fourth-order valence-electron chi connectivity index (χ4n) is 2.48. The molecule has 2 rings (SSSR count). The quantitative estimate of drug-likeness (QED) is 0.736. The number of sulfonamides is 1. The molecule has 0 aliphatic carbocycles. The van der Waals surface area contributed by atoms with Crippen molar-refractivity contribution in [2.75, 3.05) is 5.32 Å². The molecule has 1 atom stereocenters. The first kappa shape index (κ1) is 21.9. The summed E-state index contributed by atoms with van der Waals surface area (Å²) >= 11 is 0. The minimum atomic E-state index is -3.61. The number of hydrogen-bond donors (Lipinski definition) is 2. The first-order valence-corrected chi connectivity index (χ1v) is 10.7. The molecule has 0 saturated heterocycles. The molecule has 6 nitrogen and oxygen atoms in total.